The van der Waals surface area contributed by atoms with Gasteiger partial charge in [0.1, 0.15) is 5.54 Å². The second-order valence-corrected chi connectivity index (χ2v) is 8.25. The summed E-state index contributed by atoms with van der Waals surface area (Å²) in [4.78, 5) is 33.5. The molecule has 6 nitrogen and oxygen atoms in total. The number of hydrogen-bond acceptors (Lipinski definition) is 5. The van der Waals surface area contributed by atoms with E-state index in [1.807, 2.05) is 5.51 Å². The first kappa shape index (κ1) is 18.8. The van der Waals surface area contributed by atoms with Crippen molar-refractivity contribution in [3.63, 3.8) is 0 Å². The number of amides is 3. The van der Waals surface area contributed by atoms with Crippen molar-refractivity contribution >= 4 is 33.5 Å². The second kappa shape index (κ2) is 7.14. The quantitative estimate of drug-likeness (QED) is 0.630. The smallest absolute Gasteiger partial charge is 0.323 e. The number of thiazole rings is 1. The zero-order chi connectivity index (χ0) is 19.9. The molecule has 1 unspecified atom stereocenters. The number of benzene rings is 1. The fourth-order valence-corrected chi connectivity index (χ4v) is 4.83. The first-order chi connectivity index (χ1) is 13.5. The molecule has 2 fully saturated rings. The monoisotopic (exact) mass is 396 g/mol. The first-order valence-corrected chi connectivity index (χ1v) is 10.4. The van der Waals surface area contributed by atoms with Crippen LogP contribution in [0.15, 0.2) is 48.1 Å². The van der Waals surface area contributed by atoms with E-state index in [0.29, 0.717) is 18.5 Å². The van der Waals surface area contributed by atoms with Gasteiger partial charge >= 0.3 is 6.03 Å². The fraction of sp³-hybridized carbons (Fsp3) is 0.381. The molecular formula is C21H24N4O2S. The summed E-state index contributed by atoms with van der Waals surface area (Å²) in [6.07, 6.45) is 4.48. The van der Waals surface area contributed by atoms with Gasteiger partial charge in [0, 0.05) is 24.8 Å². The van der Waals surface area contributed by atoms with Crippen LogP contribution in [0.25, 0.3) is 10.2 Å². The Kier molecular flexibility index (Phi) is 4.81. The molecule has 3 heterocycles. The highest BCUT2D eigenvalue weighted by Gasteiger charge is 2.53. The van der Waals surface area contributed by atoms with Crippen molar-refractivity contribution in [3.05, 3.63) is 53.7 Å². The van der Waals surface area contributed by atoms with Crippen LogP contribution >= 0.6 is 11.3 Å². The molecular weight excluding hydrogens is 372 g/mol. The third-order valence-electron chi connectivity index (χ3n) is 5.96. The minimum absolute atomic E-state index is 0.165. The van der Waals surface area contributed by atoms with Crippen molar-refractivity contribution in [3.8, 4) is 0 Å². The molecule has 3 amide bonds. The molecule has 1 atom stereocenters. The highest BCUT2D eigenvalue weighted by Crippen LogP contribution is 2.35. The lowest BCUT2D eigenvalue weighted by atomic mass is 9.86. The number of aromatic nitrogens is 1. The molecule has 7 heteroatoms. The van der Waals surface area contributed by atoms with E-state index in [-0.39, 0.29) is 18.0 Å². The van der Waals surface area contributed by atoms with Gasteiger partial charge in [-0.3, -0.25) is 9.69 Å². The minimum Gasteiger partial charge on any atom is -0.323 e. The van der Waals surface area contributed by atoms with Gasteiger partial charge in [-0.2, -0.15) is 0 Å². The van der Waals surface area contributed by atoms with Crippen molar-refractivity contribution < 1.29 is 9.59 Å². The second-order valence-electron chi connectivity index (χ2n) is 7.36. The number of carbonyl (C=O) groups excluding carboxylic acids is 2. The van der Waals surface area contributed by atoms with E-state index in [1.165, 1.54) is 15.2 Å². The predicted octanol–water partition coefficient (Wildman–Crippen LogP) is 3.83. The molecule has 0 saturated carbocycles. The summed E-state index contributed by atoms with van der Waals surface area (Å²) in [5.74, 6) is -0.165. The summed E-state index contributed by atoms with van der Waals surface area (Å²) in [7, 11) is 0. The number of allylic oxidation sites excluding steroid dienone is 2. The molecule has 2 saturated heterocycles. The molecule has 146 valence electrons. The van der Waals surface area contributed by atoms with Gasteiger partial charge in [0.05, 0.1) is 15.7 Å². The van der Waals surface area contributed by atoms with Crippen molar-refractivity contribution in [1.29, 1.82) is 0 Å². The Morgan fingerprint density at radius 2 is 2.11 bits per heavy atom. The van der Waals surface area contributed by atoms with Crippen LogP contribution in [-0.2, 0) is 4.79 Å². The normalized spacial score (nSPS) is 21.4. The fourth-order valence-electron chi connectivity index (χ4n) is 4.17. The van der Waals surface area contributed by atoms with Gasteiger partial charge in [-0.25, -0.2) is 14.7 Å². The molecule has 1 spiro atoms. The molecule has 2 aliphatic heterocycles. The van der Waals surface area contributed by atoms with E-state index in [4.69, 9.17) is 0 Å². The Morgan fingerprint density at radius 1 is 1.36 bits per heavy atom. The summed E-state index contributed by atoms with van der Waals surface area (Å²) >= 11 is 1.64. The van der Waals surface area contributed by atoms with Gasteiger partial charge in [0.15, 0.2) is 0 Å². The van der Waals surface area contributed by atoms with E-state index in [2.05, 4.69) is 46.9 Å². The average Bonchev–Trinajstić information content (AvgIpc) is 3.27. The van der Waals surface area contributed by atoms with Crippen LogP contribution in [0, 0.1) is 0 Å². The Labute approximate surface area is 168 Å². The summed E-state index contributed by atoms with van der Waals surface area (Å²) in [6.45, 7) is 9.18. The number of rotatable bonds is 4. The summed E-state index contributed by atoms with van der Waals surface area (Å²) in [5.41, 5.74) is 3.85. The first-order valence-electron chi connectivity index (χ1n) is 9.52. The lowest BCUT2D eigenvalue weighted by Crippen LogP contribution is -2.55. The molecule has 0 radical (unpaired) electrons. The Hall–Kier alpha value is -2.51. The molecule has 0 aliphatic carbocycles. The standard InChI is InChI=1S/C21H24N4O2S/c1-4-16(5-2)25-19(26)21(23-20(25)27)8-10-24(11-9-21)14(3)15-6-7-18-17(12-15)22-13-28-18/h4-7,12-14H,1,8-11H2,2-3H3,(H,23,27)/b16-5+. The number of carbonyl (C=O) groups is 2. The SMILES string of the molecule is C=C/C(=C\C)N1C(=O)NC2(CCN(C(C)c3ccc4scnc4c3)CC2)C1=O. The van der Waals surface area contributed by atoms with Crippen LogP contribution in [0.3, 0.4) is 0 Å². The van der Waals surface area contributed by atoms with Crippen LogP contribution in [0.4, 0.5) is 4.79 Å². The predicted molar refractivity (Wildman–Crippen MR) is 111 cm³/mol. The zero-order valence-corrected chi connectivity index (χ0v) is 17.0. The number of likely N-dealkylation sites (tertiary alicyclic amines) is 1. The summed E-state index contributed by atoms with van der Waals surface area (Å²) in [5, 5.41) is 2.95. The molecule has 28 heavy (non-hydrogen) atoms. The van der Waals surface area contributed by atoms with Crippen molar-refractivity contribution in [1.82, 2.24) is 20.1 Å². The molecule has 1 aromatic carbocycles. The van der Waals surface area contributed by atoms with Gasteiger partial charge in [-0.05, 0) is 50.5 Å². The van der Waals surface area contributed by atoms with Gasteiger partial charge in [-0.15, -0.1) is 11.3 Å². The van der Waals surface area contributed by atoms with E-state index < -0.39 is 5.54 Å². The van der Waals surface area contributed by atoms with Crippen LogP contribution < -0.4 is 5.32 Å². The highest BCUT2D eigenvalue weighted by atomic mass is 32.1. The van der Waals surface area contributed by atoms with E-state index >= 15 is 0 Å². The third-order valence-corrected chi connectivity index (χ3v) is 6.77. The molecule has 4 rings (SSSR count). The van der Waals surface area contributed by atoms with E-state index in [9.17, 15) is 9.59 Å². The van der Waals surface area contributed by atoms with Crippen molar-refractivity contribution in [2.45, 2.75) is 38.3 Å². The zero-order valence-electron chi connectivity index (χ0n) is 16.1. The number of urea groups is 1. The topological polar surface area (TPSA) is 65.5 Å². The average molecular weight is 397 g/mol. The van der Waals surface area contributed by atoms with E-state index in [1.54, 1.807) is 30.4 Å². The van der Waals surface area contributed by atoms with Gasteiger partial charge in [-0.1, -0.05) is 18.7 Å². The van der Waals surface area contributed by atoms with Crippen LogP contribution in [0.1, 0.15) is 38.3 Å². The Bertz CT molecular complexity index is 972. The Balaban J connectivity index is 1.49. The molecule has 1 N–H and O–H groups in total. The van der Waals surface area contributed by atoms with Crippen molar-refractivity contribution in [2.24, 2.45) is 0 Å². The molecule has 1 aromatic heterocycles. The number of hydrogen-bond donors (Lipinski definition) is 1. The minimum atomic E-state index is -0.802. The van der Waals surface area contributed by atoms with Crippen LogP contribution in [0.2, 0.25) is 0 Å². The third kappa shape index (κ3) is 2.95. The maximum Gasteiger partial charge on any atom is 0.329 e. The largest absolute Gasteiger partial charge is 0.329 e. The number of imide groups is 1. The van der Waals surface area contributed by atoms with Crippen LogP contribution in [-0.4, -0.2) is 45.4 Å². The van der Waals surface area contributed by atoms with Crippen LogP contribution in [0.5, 0.6) is 0 Å². The number of nitrogens with zero attached hydrogens (tertiary/aromatic N) is 3. The lowest BCUT2D eigenvalue weighted by Gasteiger charge is -2.40. The summed E-state index contributed by atoms with van der Waals surface area (Å²) < 4.78 is 1.19. The number of piperidine rings is 1. The van der Waals surface area contributed by atoms with Gasteiger partial charge in [0.2, 0.25) is 0 Å². The number of nitrogens with one attached hydrogen (secondary N) is 1. The molecule has 2 aliphatic rings. The van der Waals surface area contributed by atoms with Crippen molar-refractivity contribution in [2.75, 3.05) is 13.1 Å². The van der Waals surface area contributed by atoms with Gasteiger partial charge in [0.25, 0.3) is 5.91 Å². The lowest BCUT2D eigenvalue weighted by molar-refractivity contribution is -0.131. The molecule has 0 bridgehead atoms. The van der Waals surface area contributed by atoms with Gasteiger partial charge < -0.3 is 5.32 Å². The molecule has 2 aromatic rings. The van der Waals surface area contributed by atoms with E-state index in [0.717, 1.165) is 18.6 Å². The highest BCUT2D eigenvalue weighted by molar-refractivity contribution is 7.16. The maximum absolute atomic E-state index is 13.0. The Morgan fingerprint density at radius 3 is 2.79 bits per heavy atom. The number of fused-ring (bicyclic) bond motifs is 1. The summed E-state index contributed by atoms with van der Waals surface area (Å²) in [6, 6.07) is 6.30. The maximum atomic E-state index is 13.0.